The van der Waals surface area contributed by atoms with E-state index in [4.69, 9.17) is 0 Å². The molecule has 0 aliphatic carbocycles. The molecule has 2 aliphatic heterocycles. The quantitative estimate of drug-likeness (QED) is 0.631. The fourth-order valence-corrected chi connectivity index (χ4v) is 3.59. The summed E-state index contributed by atoms with van der Waals surface area (Å²) < 4.78 is 0. The van der Waals surface area contributed by atoms with E-state index in [1.54, 1.807) is 0 Å². The molecule has 1 unspecified atom stereocenters. The van der Waals surface area contributed by atoms with Gasteiger partial charge in [0.25, 0.3) is 0 Å². The highest BCUT2D eigenvalue weighted by Gasteiger charge is 2.32. The highest BCUT2D eigenvalue weighted by molar-refractivity contribution is 6.01. The average Bonchev–Trinajstić information content (AvgIpc) is 2.83. The van der Waals surface area contributed by atoms with Crippen LogP contribution in [-0.4, -0.2) is 96.7 Å². The van der Waals surface area contributed by atoms with Gasteiger partial charge in [0, 0.05) is 52.1 Å². The standard InChI is InChI=1S/C17H30N4O3/c1-13(2)16(18(3)4)17(24)20-10-7-19(8-11-20)9-12-21-14(22)5-6-15(21)23/h13,16H,5-12H2,1-4H3. The zero-order chi connectivity index (χ0) is 17.9. The van der Waals surface area contributed by atoms with Crippen molar-refractivity contribution in [2.75, 3.05) is 53.4 Å². The van der Waals surface area contributed by atoms with Crippen molar-refractivity contribution in [1.29, 1.82) is 0 Å². The first-order valence-electron chi connectivity index (χ1n) is 8.82. The van der Waals surface area contributed by atoms with Crippen LogP contribution in [0.2, 0.25) is 0 Å². The van der Waals surface area contributed by atoms with Crippen LogP contribution in [0.15, 0.2) is 0 Å². The van der Waals surface area contributed by atoms with E-state index in [9.17, 15) is 14.4 Å². The van der Waals surface area contributed by atoms with Gasteiger partial charge in [0.05, 0.1) is 6.04 Å². The molecular formula is C17H30N4O3. The Morgan fingerprint density at radius 3 is 2.00 bits per heavy atom. The van der Waals surface area contributed by atoms with Gasteiger partial charge < -0.3 is 4.90 Å². The average molecular weight is 338 g/mol. The van der Waals surface area contributed by atoms with Gasteiger partial charge in [0.15, 0.2) is 0 Å². The molecule has 3 amide bonds. The number of nitrogens with zero attached hydrogens (tertiary/aromatic N) is 4. The minimum Gasteiger partial charge on any atom is -0.339 e. The van der Waals surface area contributed by atoms with Gasteiger partial charge in [-0.1, -0.05) is 13.8 Å². The summed E-state index contributed by atoms with van der Waals surface area (Å²) in [7, 11) is 3.89. The second-order valence-corrected chi connectivity index (χ2v) is 7.26. The number of hydrogen-bond acceptors (Lipinski definition) is 5. The molecule has 0 bridgehead atoms. The van der Waals surface area contributed by atoms with E-state index < -0.39 is 0 Å². The van der Waals surface area contributed by atoms with E-state index in [2.05, 4.69) is 18.7 Å². The van der Waals surface area contributed by atoms with Gasteiger partial charge in [-0.3, -0.25) is 29.1 Å². The third-order valence-corrected chi connectivity index (χ3v) is 4.92. The molecule has 2 rings (SSSR count). The van der Waals surface area contributed by atoms with Crippen molar-refractivity contribution in [3.8, 4) is 0 Å². The van der Waals surface area contributed by atoms with Crippen LogP contribution in [0, 0.1) is 5.92 Å². The number of carbonyl (C=O) groups excluding carboxylic acids is 3. The van der Waals surface area contributed by atoms with Crippen molar-refractivity contribution >= 4 is 17.7 Å². The lowest BCUT2D eigenvalue weighted by Gasteiger charge is -2.39. The van der Waals surface area contributed by atoms with Gasteiger partial charge in [-0.25, -0.2) is 0 Å². The molecule has 0 aromatic heterocycles. The largest absolute Gasteiger partial charge is 0.339 e. The van der Waals surface area contributed by atoms with E-state index in [0.717, 1.165) is 13.1 Å². The molecule has 2 fully saturated rings. The van der Waals surface area contributed by atoms with Crippen LogP contribution in [0.4, 0.5) is 0 Å². The highest BCUT2D eigenvalue weighted by Crippen LogP contribution is 2.14. The molecule has 2 aliphatic rings. The summed E-state index contributed by atoms with van der Waals surface area (Å²) in [5.74, 6) is 0.358. The van der Waals surface area contributed by atoms with Gasteiger partial charge in [-0.05, 0) is 20.0 Å². The van der Waals surface area contributed by atoms with Crippen LogP contribution in [0.5, 0.6) is 0 Å². The number of amides is 3. The van der Waals surface area contributed by atoms with Crippen LogP contribution in [0.3, 0.4) is 0 Å². The van der Waals surface area contributed by atoms with Crippen molar-refractivity contribution in [2.45, 2.75) is 32.7 Å². The lowest BCUT2D eigenvalue weighted by atomic mass is 10.0. The zero-order valence-corrected chi connectivity index (χ0v) is 15.3. The number of imide groups is 1. The van der Waals surface area contributed by atoms with Crippen molar-refractivity contribution in [3.05, 3.63) is 0 Å². The number of likely N-dealkylation sites (N-methyl/N-ethyl adjacent to an activating group) is 1. The number of likely N-dealkylation sites (tertiary alicyclic amines) is 1. The predicted molar refractivity (Wildman–Crippen MR) is 91.3 cm³/mol. The van der Waals surface area contributed by atoms with E-state index in [0.29, 0.717) is 39.0 Å². The highest BCUT2D eigenvalue weighted by atomic mass is 16.2. The number of piperazine rings is 1. The molecule has 2 saturated heterocycles. The molecule has 0 radical (unpaired) electrons. The molecule has 0 aromatic rings. The smallest absolute Gasteiger partial charge is 0.240 e. The van der Waals surface area contributed by atoms with E-state index in [1.165, 1.54) is 4.90 Å². The van der Waals surface area contributed by atoms with Gasteiger partial charge in [0.2, 0.25) is 17.7 Å². The summed E-state index contributed by atoms with van der Waals surface area (Å²) >= 11 is 0. The number of carbonyl (C=O) groups is 3. The fraction of sp³-hybridized carbons (Fsp3) is 0.824. The summed E-state index contributed by atoms with van der Waals surface area (Å²) in [6.45, 7) is 8.31. The van der Waals surface area contributed by atoms with Gasteiger partial charge in [0.1, 0.15) is 0 Å². The molecule has 7 heteroatoms. The monoisotopic (exact) mass is 338 g/mol. The van der Waals surface area contributed by atoms with Crippen molar-refractivity contribution < 1.29 is 14.4 Å². The van der Waals surface area contributed by atoms with Gasteiger partial charge in [-0.15, -0.1) is 0 Å². The zero-order valence-electron chi connectivity index (χ0n) is 15.3. The Kier molecular flexibility index (Phi) is 6.34. The first-order valence-corrected chi connectivity index (χ1v) is 8.82. The molecule has 1 atom stereocenters. The lowest BCUT2D eigenvalue weighted by molar-refractivity contribution is -0.139. The Bertz CT molecular complexity index is 460. The first-order chi connectivity index (χ1) is 11.3. The minimum atomic E-state index is -0.0867. The second kappa shape index (κ2) is 8.07. The minimum absolute atomic E-state index is 0.0560. The summed E-state index contributed by atoms with van der Waals surface area (Å²) in [5, 5.41) is 0. The second-order valence-electron chi connectivity index (χ2n) is 7.26. The maximum absolute atomic E-state index is 12.7. The van der Waals surface area contributed by atoms with Crippen LogP contribution in [-0.2, 0) is 14.4 Å². The number of hydrogen-bond donors (Lipinski definition) is 0. The van der Waals surface area contributed by atoms with Crippen LogP contribution >= 0.6 is 0 Å². The Morgan fingerprint density at radius 1 is 1.00 bits per heavy atom. The summed E-state index contributed by atoms with van der Waals surface area (Å²) in [6.07, 6.45) is 0.699. The normalized spacial score (nSPS) is 21.2. The van der Waals surface area contributed by atoms with Crippen molar-refractivity contribution in [2.24, 2.45) is 5.92 Å². The molecule has 0 spiro atoms. The van der Waals surface area contributed by atoms with Crippen LogP contribution < -0.4 is 0 Å². The molecule has 0 aromatic carbocycles. The maximum atomic E-state index is 12.7. The lowest BCUT2D eigenvalue weighted by Crippen LogP contribution is -2.55. The first kappa shape index (κ1) is 18.9. The molecule has 2 heterocycles. The van der Waals surface area contributed by atoms with Crippen LogP contribution in [0.25, 0.3) is 0 Å². The summed E-state index contributed by atoms with van der Waals surface area (Å²) in [5.41, 5.74) is 0. The molecule has 7 nitrogen and oxygen atoms in total. The Morgan fingerprint density at radius 2 is 1.54 bits per heavy atom. The molecule has 24 heavy (non-hydrogen) atoms. The Labute approximate surface area is 144 Å². The molecule has 136 valence electrons. The van der Waals surface area contributed by atoms with Gasteiger partial charge >= 0.3 is 0 Å². The van der Waals surface area contributed by atoms with Crippen LogP contribution in [0.1, 0.15) is 26.7 Å². The fourth-order valence-electron chi connectivity index (χ4n) is 3.59. The predicted octanol–water partition coefficient (Wildman–Crippen LogP) is -0.134. The third-order valence-electron chi connectivity index (χ3n) is 4.92. The Hall–Kier alpha value is -1.47. The molecule has 0 saturated carbocycles. The number of rotatable bonds is 6. The van der Waals surface area contributed by atoms with Gasteiger partial charge in [-0.2, -0.15) is 0 Å². The third kappa shape index (κ3) is 4.33. The van der Waals surface area contributed by atoms with E-state index in [-0.39, 0.29) is 29.7 Å². The van der Waals surface area contributed by atoms with Crippen molar-refractivity contribution in [3.63, 3.8) is 0 Å². The molecular weight excluding hydrogens is 308 g/mol. The van der Waals surface area contributed by atoms with E-state index >= 15 is 0 Å². The summed E-state index contributed by atoms with van der Waals surface area (Å²) in [6, 6.07) is -0.0867. The topological polar surface area (TPSA) is 64.2 Å². The van der Waals surface area contributed by atoms with Crippen molar-refractivity contribution in [1.82, 2.24) is 19.6 Å². The molecule has 0 N–H and O–H groups in total. The Balaban J connectivity index is 1.79. The SMILES string of the molecule is CC(C)C(C(=O)N1CCN(CCN2C(=O)CCC2=O)CC1)N(C)C. The summed E-state index contributed by atoms with van der Waals surface area (Å²) in [4.78, 5) is 43.5. The van der Waals surface area contributed by atoms with E-state index in [1.807, 2.05) is 23.9 Å². The maximum Gasteiger partial charge on any atom is 0.240 e.